The minimum absolute atomic E-state index is 0.250. The van der Waals surface area contributed by atoms with Crippen LogP contribution in [0.5, 0.6) is 0 Å². The Labute approximate surface area is 156 Å². The summed E-state index contributed by atoms with van der Waals surface area (Å²) in [5.41, 5.74) is 0.193. The highest BCUT2D eigenvalue weighted by Crippen LogP contribution is 2.30. The fourth-order valence-corrected chi connectivity index (χ4v) is 3.76. The molecule has 3 heterocycles. The van der Waals surface area contributed by atoms with E-state index in [-0.39, 0.29) is 6.54 Å². The van der Waals surface area contributed by atoms with Crippen molar-refractivity contribution in [3.8, 4) is 11.5 Å². The minimum atomic E-state index is -1.66. The van der Waals surface area contributed by atoms with E-state index in [1.54, 1.807) is 6.92 Å². The number of rotatable bonds is 2. The van der Waals surface area contributed by atoms with Gasteiger partial charge in [0.2, 0.25) is 0 Å². The predicted octanol–water partition coefficient (Wildman–Crippen LogP) is 3.34. The predicted molar refractivity (Wildman–Crippen MR) is 91.6 cm³/mol. The zero-order valence-electron chi connectivity index (χ0n) is 14.4. The molecular weight excluding hydrogens is 379 g/mol. The first-order valence-corrected chi connectivity index (χ1v) is 9.06. The van der Waals surface area contributed by atoms with E-state index < -0.39 is 35.0 Å². The van der Waals surface area contributed by atoms with Crippen LogP contribution in [-0.4, -0.2) is 37.1 Å². The maximum absolute atomic E-state index is 14.0. The number of aryl methyl sites for hydroxylation is 1. The minimum Gasteiger partial charge on any atom is -0.327 e. The van der Waals surface area contributed by atoms with Crippen LogP contribution in [0.15, 0.2) is 17.5 Å². The number of benzene rings is 1. The number of aromatic nitrogens is 4. The molecule has 27 heavy (non-hydrogen) atoms. The molecule has 3 aromatic rings. The number of carbonyl (C=O) groups is 1. The normalized spacial score (nSPS) is 16.5. The van der Waals surface area contributed by atoms with Crippen LogP contribution in [-0.2, 0) is 6.54 Å². The van der Waals surface area contributed by atoms with Crippen molar-refractivity contribution in [3.05, 3.63) is 51.4 Å². The second-order valence-corrected chi connectivity index (χ2v) is 7.24. The monoisotopic (exact) mass is 393 g/mol. The van der Waals surface area contributed by atoms with E-state index in [9.17, 15) is 18.0 Å². The molecule has 6 nitrogen and oxygen atoms in total. The van der Waals surface area contributed by atoms with Crippen LogP contribution < -0.4 is 0 Å². The first kappa shape index (κ1) is 17.7. The van der Waals surface area contributed by atoms with Gasteiger partial charge in [-0.3, -0.25) is 4.79 Å². The summed E-state index contributed by atoms with van der Waals surface area (Å²) in [6, 6.07) is 1.18. The number of halogens is 3. The Morgan fingerprint density at radius 1 is 1.19 bits per heavy atom. The van der Waals surface area contributed by atoms with Gasteiger partial charge in [-0.2, -0.15) is 0 Å². The maximum Gasteiger partial charge on any atom is 0.257 e. The number of fused-ring (bicyclic) bond motifs is 1. The topological polar surface area (TPSA) is 63.9 Å². The number of amides is 1. The highest BCUT2D eigenvalue weighted by atomic mass is 32.1. The van der Waals surface area contributed by atoms with Crippen LogP contribution in [0.3, 0.4) is 0 Å². The van der Waals surface area contributed by atoms with Crippen molar-refractivity contribution < 1.29 is 18.0 Å². The Bertz CT molecular complexity index is 1050. The van der Waals surface area contributed by atoms with Crippen LogP contribution in [0.25, 0.3) is 11.5 Å². The molecule has 0 radical (unpaired) electrons. The van der Waals surface area contributed by atoms with Crippen LogP contribution >= 0.6 is 11.3 Å². The number of thiazole rings is 1. The number of hydrogen-bond acceptors (Lipinski definition) is 5. The summed E-state index contributed by atoms with van der Waals surface area (Å²) in [7, 11) is 0. The third-order valence-electron chi connectivity index (χ3n) is 4.56. The highest BCUT2D eigenvalue weighted by molar-refractivity contribution is 7.09. The second-order valence-electron chi connectivity index (χ2n) is 6.18. The quantitative estimate of drug-likeness (QED) is 0.627. The van der Waals surface area contributed by atoms with E-state index in [1.165, 1.54) is 16.2 Å². The fourth-order valence-electron chi connectivity index (χ4n) is 3.16. The summed E-state index contributed by atoms with van der Waals surface area (Å²) in [6.45, 7) is 4.25. The van der Waals surface area contributed by atoms with Crippen molar-refractivity contribution in [2.45, 2.75) is 26.4 Å². The Balaban J connectivity index is 1.67. The van der Waals surface area contributed by atoms with Gasteiger partial charge in [0.15, 0.2) is 29.1 Å². The molecule has 2 aromatic heterocycles. The van der Waals surface area contributed by atoms with Crippen LogP contribution in [0.2, 0.25) is 0 Å². The lowest BCUT2D eigenvalue weighted by molar-refractivity contribution is 0.0632. The van der Waals surface area contributed by atoms with Gasteiger partial charge in [0, 0.05) is 18.5 Å². The van der Waals surface area contributed by atoms with Gasteiger partial charge >= 0.3 is 0 Å². The van der Waals surface area contributed by atoms with Gasteiger partial charge in [0.1, 0.15) is 5.69 Å². The number of nitrogens with zero attached hydrogens (tertiary/aromatic N) is 5. The molecule has 0 aliphatic carbocycles. The van der Waals surface area contributed by atoms with Crippen molar-refractivity contribution >= 4 is 17.2 Å². The first-order valence-electron chi connectivity index (χ1n) is 8.18. The summed E-state index contributed by atoms with van der Waals surface area (Å²) < 4.78 is 42.5. The van der Waals surface area contributed by atoms with Gasteiger partial charge in [0.25, 0.3) is 5.91 Å². The van der Waals surface area contributed by atoms with E-state index in [0.29, 0.717) is 23.9 Å². The van der Waals surface area contributed by atoms with Crippen molar-refractivity contribution in [3.63, 3.8) is 0 Å². The first-order chi connectivity index (χ1) is 12.9. The van der Waals surface area contributed by atoms with Crippen LogP contribution in [0.1, 0.15) is 34.2 Å². The van der Waals surface area contributed by atoms with E-state index in [2.05, 4.69) is 15.2 Å². The van der Waals surface area contributed by atoms with Gasteiger partial charge in [0.05, 0.1) is 16.6 Å². The summed E-state index contributed by atoms with van der Waals surface area (Å²) in [5.74, 6) is -4.07. The lowest BCUT2D eigenvalue weighted by atomic mass is 10.1. The van der Waals surface area contributed by atoms with Gasteiger partial charge in [-0.15, -0.1) is 21.5 Å². The lowest BCUT2D eigenvalue weighted by Crippen LogP contribution is -2.41. The van der Waals surface area contributed by atoms with E-state index in [4.69, 9.17) is 0 Å². The zero-order valence-corrected chi connectivity index (χ0v) is 15.2. The van der Waals surface area contributed by atoms with E-state index in [1.807, 2.05) is 16.9 Å². The molecule has 1 aromatic carbocycles. The number of hydrogen-bond donors (Lipinski definition) is 0. The highest BCUT2D eigenvalue weighted by Gasteiger charge is 2.34. The lowest BCUT2D eigenvalue weighted by Gasteiger charge is -2.33. The van der Waals surface area contributed by atoms with Gasteiger partial charge in [-0.1, -0.05) is 0 Å². The molecule has 0 fully saturated rings. The van der Waals surface area contributed by atoms with Crippen molar-refractivity contribution in [2.75, 3.05) is 6.54 Å². The summed E-state index contributed by atoms with van der Waals surface area (Å²) >= 11 is 1.50. The van der Waals surface area contributed by atoms with Gasteiger partial charge < -0.3 is 9.47 Å². The average Bonchev–Trinajstić information content (AvgIpc) is 3.26. The molecule has 0 spiro atoms. The summed E-state index contributed by atoms with van der Waals surface area (Å²) in [5, 5.41) is 11.1. The zero-order chi connectivity index (χ0) is 19.3. The van der Waals surface area contributed by atoms with Gasteiger partial charge in [-0.25, -0.2) is 18.2 Å². The molecule has 0 N–H and O–H groups in total. The second kappa shape index (κ2) is 6.45. The molecule has 1 atom stereocenters. The summed E-state index contributed by atoms with van der Waals surface area (Å²) in [4.78, 5) is 18.5. The SMILES string of the molecule is Cc1nc(-c2nnc3n2CCN(C(=O)c2ccc(F)c(F)c2F)[C@@H]3C)cs1. The smallest absolute Gasteiger partial charge is 0.257 e. The third-order valence-corrected chi connectivity index (χ3v) is 5.33. The largest absolute Gasteiger partial charge is 0.327 e. The maximum atomic E-state index is 14.0. The van der Waals surface area contributed by atoms with Crippen molar-refractivity contribution in [2.24, 2.45) is 0 Å². The molecule has 0 unspecified atom stereocenters. The Hall–Kier alpha value is -2.75. The number of carbonyl (C=O) groups excluding carboxylic acids is 1. The molecule has 1 aliphatic heterocycles. The molecule has 140 valence electrons. The molecule has 0 saturated heterocycles. The Kier molecular flexibility index (Phi) is 4.22. The van der Waals surface area contributed by atoms with E-state index in [0.717, 1.165) is 17.1 Å². The molecule has 4 rings (SSSR count). The molecule has 10 heteroatoms. The van der Waals surface area contributed by atoms with Crippen LogP contribution in [0.4, 0.5) is 13.2 Å². The third kappa shape index (κ3) is 2.80. The van der Waals surface area contributed by atoms with E-state index >= 15 is 0 Å². The molecule has 1 aliphatic rings. The molecule has 0 saturated carbocycles. The van der Waals surface area contributed by atoms with Crippen molar-refractivity contribution in [1.82, 2.24) is 24.6 Å². The molecular formula is C17H14F3N5OS. The fraction of sp³-hybridized carbons (Fsp3) is 0.294. The Morgan fingerprint density at radius 3 is 2.67 bits per heavy atom. The summed E-state index contributed by atoms with van der Waals surface area (Å²) in [6.07, 6.45) is 0. The standard InChI is InChI=1S/C17H14F3N5OS/c1-8-15-22-23-16(12-7-27-9(2)21-12)25(15)6-5-24(8)17(26)10-3-4-11(18)14(20)13(10)19/h3-4,7-8H,5-6H2,1-2H3/t8-/m1/s1. The van der Waals surface area contributed by atoms with Crippen molar-refractivity contribution in [1.29, 1.82) is 0 Å². The average molecular weight is 393 g/mol. The van der Waals surface area contributed by atoms with Gasteiger partial charge in [-0.05, 0) is 26.0 Å². The molecule has 1 amide bonds. The molecule has 0 bridgehead atoms. The van der Waals surface area contributed by atoms with Crippen LogP contribution in [0, 0.1) is 24.4 Å². The Morgan fingerprint density at radius 2 is 1.96 bits per heavy atom.